The summed E-state index contributed by atoms with van der Waals surface area (Å²) in [6.45, 7) is 7.92. The summed E-state index contributed by atoms with van der Waals surface area (Å²) < 4.78 is 7.23. The molecule has 0 saturated carbocycles. The van der Waals surface area contributed by atoms with E-state index in [9.17, 15) is 4.79 Å². The minimum absolute atomic E-state index is 0.0205. The van der Waals surface area contributed by atoms with Crippen molar-refractivity contribution >= 4 is 17.4 Å². The molecule has 1 N–H and O–H groups in total. The van der Waals surface area contributed by atoms with Crippen LogP contribution in [0.5, 0.6) is 0 Å². The topological polar surface area (TPSA) is 59.4 Å². The van der Waals surface area contributed by atoms with Gasteiger partial charge in [0, 0.05) is 30.9 Å². The number of thiophene rings is 1. The molecule has 2 amide bonds. The van der Waals surface area contributed by atoms with E-state index in [1.807, 2.05) is 11.6 Å². The predicted octanol–water partition coefficient (Wildman–Crippen LogP) is 2.27. The number of amides is 2. The molecule has 124 valence electrons. The van der Waals surface area contributed by atoms with E-state index in [4.69, 9.17) is 4.74 Å². The van der Waals surface area contributed by atoms with Crippen LogP contribution in [0.25, 0.3) is 11.1 Å². The molecule has 0 radical (unpaired) electrons. The molecule has 0 spiro atoms. The molecule has 0 unspecified atom stereocenters. The molecule has 23 heavy (non-hydrogen) atoms. The Balaban J connectivity index is 1.58. The molecular formula is C16H22N4O2S. The van der Waals surface area contributed by atoms with E-state index in [2.05, 4.69) is 34.2 Å². The lowest BCUT2D eigenvalue weighted by Gasteiger charge is -2.26. The zero-order chi connectivity index (χ0) is 16.2. The minimum atomic E-state index is -0.0205. The highest BCUT2D eigenvalue weighted by Crippen LogP contribution is 2.28. The predicted molar refractivity (Wildman–Crippen MR) is 90.8 cm³/mol. The van der Waals surface area contributed by atoms with Crippen LogP contribution >= 0.6 is 11.3 Å². The first-order valence-electron chi connectivity index (χ1n) is 7.84. The molecule has 0 aromatic carbocycles. The average molecular weight is 334 g/mol. The molecular weight excluding hydrogens is 312 g/mol. The van der Waals surface area contributed by atoms with Gasteiger partial charge in [0.2, 0.25) is 0 Å². The second-order valence-corrected chi connectivity index (χ2v) is 6.39. The van der Waals surface area contributed by atoms with Crippen LogP contribution in [0.1, 0.15) is 11.4 Å². The lowest BCUT2D eigenvalue weighted by Crippen LogP contribution is -2.46. The van der Waals surface area contributed by atoms with Crippen molar-refractivity contribution in [1.29, 1.82) is 0 Å². The van der Waals surface area contributed by atoms with Crippen molar-refractivity contribution in [2.45, 2.75) is 20.4 Å². The maximum atomic E-state index is 12.1. The fourth-order valence-corrected chi connectivity index (χ4v) is 3.53. The van der Waals surface area contributed by atoms with Gasteiger partial charge in [-0.25, -0.2) is 4.79 Å². The van der Waals surface area contributed by atoms with E-state index < -0.39 is 0 Å². The van der Waals surface area contributed by atoms with Gasteiger partial charge in [-0.3, -0.25) is 4.68 Å². The van der Waals surface area contributed by atoms with Crippen molar-refractivity contribution < 1.29 is 9.53 Å². The summed E-state index contributed by atoms with van der Waals surface area (Å²) >= 11 is 1.69. The number of nitrogens with one attached hydrogen (secondary N) is 1. The Labute approximate surface area is 140 Å². The molecule has 7 heteroatoms. The number of hydrogen-bond acceptors (Lipinski definition) is 4. The van der Waals surface area contributed by atoms with Gasteiger partial charge in [0.05, 0.1) is 25.5 Å². The Morgan fingerprint density at radius 1 is 1.39 bits per heavy atom. The van der Waals surface area contributed by atoms with Crippen molar-refractivity contribution in [3.63, 3.8) is 0 Å². The van der Waals surface area contributed by atoms with Crippen LogP contribution in [0.4, 0.5) is 4.79 Å². The monoisotopic (exact) mass is 334 g/mol. The number of urea groups is 1. The molecule has 0 atom stereocenters. The van der Waals surface area contributed by atoms with Gasteiger partial charge in [-0.05, 0) is 36.2 Å². The molecule has 3 rings (SSSR count). The number of morpholine rings is 1. The molecule has 0 aliphatic carbocycles. The van der Waals surface area contributed by atoms with Crippen LogP contribution in [-0.4, -0.2) is 53.6 Å². The van der Waals surface area contributed by atoms with Crippen molar-refractivity contribution in [2.24, 2.45) is 0 Å². The van der Waals surface area contributed by atoms with Crippen molar-refractivity contribution in [3.05, 3.63) is 28.2 Å². The summed E-state index contributed by atoms with van der Waals surface area (Å²) in [6.07, 6.45) is 0. The first-order chi connectivity index (χ1) is 11.2. The molecule has 1 saturated heterocycles. The summed E-state index contributed by atoms with van der Waals surface area (Å²) in [6, 6.07) is 2.10. The van der Waals surface area contributed by atoms with Crippen LogP contribution < -0.4 is 5.32 Å². The van der Waals surface area contributed by atoms with Crippen molar-refractivity contribution in [1.82, 2.24) is 20.0 Å². The van der Waals surface area contributed by atoms with Crippen molar-refractivity contribution in [2.75, 3.05) is 32.8 Å². The smallest absolute Gasteiger partial charge is 0.317 e. The Bertz CT molecular complexity index is 660. The van der Waals surface area contributed by atoms with Crippen LogP contribution in [0.15, 0.2) is 16.8 Å². The highest BCUT2D eigenvalue weighted by molar-refractivity contribution is 7.08. The van der Waals surface area contributed by atoms with Crippen LogP contribution in [0, 0.1) is 13.8 Å². The van der Waals surface area contributed by atoms with Gasteiger partial charge in [0.15, 0.2) is 0 Å². The Morgan fingerprint density at radius 2 is 2.17 bits per heavy atom. The third kappa shape index (κ3) is 3.56. The molecule has 6 nitrogen and oxygen atoms in total. The number of hydrogen-bond donors (Lipinski definition) is 1. The Kier molecular flexibility index (Phi) is 4.97. The zero-order valence-corrected chi connectivity index (χ0v) is 14.4. The molecule has 2 aromatic heterocycles. The lowest BCUT2D eigenvalue weighted by atomic mass is 10.1. The first kappa shape index (κ1) is 16.0. The largest absolute Gasteiger partial charge is 0.378 e. The fourth-order valence-electron chi connectivity index (χ4n) is 2.89. The number of ether oxygens (including phenoxy) is 1. The van der Waals surface area contributed by atoms with Crippen LogP contribution in [0.3, 0.4) is 0 Å². The van der Waals surface area contributed by atoms with Gasteiger partial charge in [-0.2, -0.15) is 16.4 Å². The zero-order valence-electron chi connectivity index (χ0n) is 13.5. The fraction of sp³-hybridized carbons (Fsp3) is 0.500. The Hall–Kier alpha value is -1.86. The summed E-state index contributed by atoms with van der Waals surface area (Å²) in [5.41, 5.74) is 4.58. The third-order valence-corrected chi connectivity index (χ3v) is 4.77. The highest BCUT2D eigenvalue weighted by atomic mass is 32.1. The normalized spacial score (nSPS) is 15.0. The van der Waals surface area contributed by atoms with Crippen molar-refractivity contribution in [3.8, 4) is 11.1 Å². The number of carbonyl (C=O) groups is 1. The SMILES string of the molecule is Cc1nn(CCNC(=O)N2CCOCC2)c(C)c1-c1ccsc1. The minimum Gasteiger partial charge on any atom is -0.378 e. The number of rotatable bonds is 4. The quantitative estimate of drug-likeness (QED) is 0.933. The third-order valence-electron chi connectivity index (χ3n) is 4.09. The molecule has 2 aromatic rings. The number of carbonyl (C=O) groups excluding carboxylic acids is 1. The molecule has 0 bridgehead atoms. The van der Waals surface area contributed by atoms with E-state index in [1.54, 1.807) is 16.2 Å². The molecule has 3 heterocycles. The van der Waals surface area contributed by atoms with Gasteiger partial charge >= 0.3 is 6.03 Å². The summed E-state index contributed by atoms with van der Waals surface area (Å²) in [5.74, 6) is 0. The standard InChI is InChI=1S/C16H22N4O2S/c1-12-15(14-3-10-23-11-14)13(2)20(18-12)5-4-17-16(21)19-6-8-22-9-7-19/h3,10-11H,4-9H2,1-2H3,(H,17,21). The van der Waals surface area contributed by atoms with E-state index in [0.29, 0.717) is 39.4 Å². The van der Waals surface area contributed by atoms with E-state index in [0.717, 1.165) is 11.4 Å². The summed E-state index contributed by atoms with van der Waals surface area (Å²) in [5, 5.41) is 11.8. The molecule has 1 fully saturated rings. The van der Waals surface area contributed by atoms with Gasteiger partial charge < -0.3 is 15.0 Å². The molecule has 1 aliphatic heterocycles. The number of nitrogens with zero attached hydrogens (tertiary/aromatic N) is 3. The summed E-state index contributed by atoms with van der Waals surface area (Å²) in [4.78, 5) is 13.9. The van der Waals surface area contributed by atoms with Crippen LogP contribution in [-0.2, 0) is 11.3 Å². The highest BCUT2D eigenvalue weighted by Gasteiger charge is 2.17. The van der Waals surface area contributed by atoms with E-state index >= 15 is 0 Å². The molecule has 1 aliphatic rings. The number of aryl methyl sites for hydroxylation is 1. The lowest BCUT2D eigenvalue weighted by molar-refractivity contribution is 0.0532. The van der Waals surface area contributed by atoms with E-state index in [1.165, 1.54) is 11.1 Å². The second kappa shape index (κ2) is 7.14. The maximum absolute atomic E-state index is 12.1. The van der Waals surface area contributed by atoms with Gasteiger partial charge in [0.1, 0.15) is 0 Å². The number of aromatic nitrogens is 2. The Morgan fingerprint density at radius 3 is 2.87 bits per heavy atom. The van der Waals surface area contributed by atoms with Crippen LogP contribution in [0.2, 0.25) is 0 Å². The average Bonchev–Trinajstić information content (AvgIpc) is 3.17. The van der Waals surface area contributed by atoms with Gasteiger partial charge in [-0.15, -0.1) is 0 Å². The summed E-state index contributed by atoms with van der Waals surface area (Å²) in [7, 11) is 0. The second-order valence-electron chi connectivity index (χ2n) is 5.61. The van der Waals surface area contributed by atoms with Gasteiger partial charge in [-0.1, -0.05) is 0 Å². The van der Waals surface area contributed by atoms with Gasteiger partial charge in [0.25, 0.3) is 0 Å². The maximum Gasteiger partial charge on any atom is 0.317 e. The first-order valence-corrected chi connectivity index (χ1v) is 8.78. The van der Waals surface area contributed by atoms with E-state index in [-0.39, 0.29) is 6.03 Å².